The van der Waals surface area contributed by atoms with Gasteiger partial charge in [0.15, 0.2) is 6.10 Å². The predicted molar refractivity (Wildman–Crippen MR) is 165 cm³/mol. The van der Waals surface area contributed by atoms with Gasteiger partial charge in [-0.25, -0.2) is 4.99 Å². The molecule has 0 aromatic heterocycles. The van der Waals surface area contributed by atoms with Crippen LogP contribution in [0.1, 0.15) is 50.7 Å². The van der Waals surface area contributed by atoms with E-state index in [0.29, 0.717) is 54.5 Å². The first-order valence-corrected chi connectivity index (χ1v) is 15.1. The molecule has 0 radical (unpaired) electrons. The van der Waals surface area contributed by atoms with Gasteiger partial charge >= 0.3 is 0 Å². The van der Waals surface area contributed by atoms with Crippen molar-refractivity contribution in [3.05, 3.63) is 59.7 Å². The first-order valence-electron chi connectivity index (χ1n) is 15.1. The fourth-order valence-corrected chi connectivity index (χ4v) is 6.35. The van der Waals surface area contributed by atoms with E-state index in [2.05, 4.69) is 10.6 Å². The topological polar surface area (TPSA) is 172 Å². The number of nitrogens with one attached hydrogen (secondary N) is 2. The largest absolute Gasteiger partial charge is 0.478 e. The number of nitrogens with zero attached hydrogens (tertiary/aromatic N) is 3. The van der Waals surface area contributed by atoms with Crippen molar-refractivity contribution >= 4 is 46.4 Å². The van der Waals surface area contributed by atoms with Gasteiger partial charge in [0, 0.05) is 41.7 Å². The van der Waals surface area contributed by atoms with E-state index in [9.17, 15) is 19.2 Å². The van der Waals surface area contributed by atoms with Crippen LogP contribution in [0, 0.1) is 0 Å². The lowest BCUT2D eigenvalue weighted by Gasteiger charge is -2.31. The molecule has 6 rings (SSSR count). The Labute approximate surface area is 255 Å². The summed E-state index contributed by atoms with van der Waals surface area (Å²) in [6, 6.07) is 10.3. The molecule has 230 valence electrons. The number of fused-ring (bicyclic) bond motifs is 4. The Morgan fingerprint density at radius 1 is 0.864 bits per heavy atom. The van der Waals surface area contributed by atoms with Crippen LogP contribution in [0.3, 0.4) is 0 Å². The van der Waals surface area contributed by atoms with Gasteiger partial charge < -0.3 is 36.6 Å². The number of hydrogen-bond donors (Lipinski definition) is 4. The van der Waals surface area contributed by atoms with Crippen LogP contribution in [0.2, 0.25) is 0 Å². The Balaban J connectivity index is 1.23. The molecule has 2 fully saturated rings. The normalized spacial score (nSPS) is 23.2. The van der Waals surface area contributed by atoms with Gasteiger partial charge in [0.2, 0.25) is 23.6 Å². The summed E-state index contributed by atoms with van der Waals surface area (Å²) < 4.78 is 6.39. The third-order valence-corrected chi connectivity index (χ3v) is 8.52. The highest BCUT2D eigenvalue weighted by molar-refractivity contribution is 6.14. The van der Waals surface area contributed by atoms with Crippen LogP contribution in [0.4, 0.5) is 11.4 Å². The second kappa shape index (κ2) is 11.9. The molecule has 3 aliphatic heterocycles. The smallest absolute Gasteiger partial charge is 0.247 e. The van der Waals surface area contributed by atoms with Gasteiger partial charge in [-0.15, -0.1) is 0 Å². The zero-order chi connectivity index (χ0) is 31.1. The van der Waals surface area contributed by atoms with Gasteiger partial charge in [0.1, 0.15) is 23.5 Å². The van der Waals surface area contributed by atoms with Crippen LogP contribution in [0.15, 0.2) is 53.5 Å². The minimum atomic E-state index is -0.684. The number of amides is 4. The van der Waals surface area contributed by atoms with Crippen molar-refractivity contribution in [3.8, 4) is 5.75 Å². The molecule has 44 heavy (non-hydrogen) atoms. The van der Waals surface area contributed by atoms with Crippen molar-refractivity contribution in [2.24, 2.45) is 16.5 Å². The third-order valence-electron chi connectivity index (χ3n) is 8.52. The van der Waals surface area contributed by atoms with Crippen molar-refractivity contribution < 1.29 is 23.9 Å². The van der Waals surface area contributed by atoms with Crippen molar-refractivity contribution in [1.82, 2.24) is 15.1 Å². The number of nitrogens with two attached hydrogens (primary N) is 2. The van der Waals surface area contributed by atoms with Crippen molar-refractivity contribution in [1.29, 1.82) is 0 Å². The molecule has 4 amide bonds. The van der Waals surface area contributed by atoms with Crippen LogP contribution in [0.5, 0.6) is 5.75 Å². The summed E-state index contributed by atoms with van der Waals surface area (Å²) in [7, 11) is 0. The number of anilines is 1. The molecule has 1 aliphatic carbocycles. The van der Waals surface area contributed by atoms with Gasteiger partial charge in [-0.05, 0) is 57.7 Å². The minimum absolute atomic E-state index is 0.244. The molecule has 0 bridgehead atoms. The maximum atomic E-state index is 13.4. The SMILES string of the molecule is C[C@H](N)C(=O)N1CCC[C@H]1C(=O)NC1=CC2Oc3cc(NC(=O)[C@@H]4CCCN4C(=O)[C@H](C)N)ccc3N=C2c2ccccc21. The monoisotopic (exact) mass is 599 g/mol. The standard InChI is InChI=1S/C32H37N7O5/c1-17(33)31(42)38-13-5-9-24(38)29(40)35-19-11-12-22-26(15-19)44-27-16-23(20-7-3-4-8-21(20)28(27)36-22)37-30(41)25-10-6-14-39(25)32(43)18(2)34/h3-4,7-8,11-12,15-18,24-25,27H,5-6,9-10,13-14,33-34H2,1-2H3,(H,35,40)(H,37,41)/t17-,18-,24-,25-,27?/m0/s1. The molecule has 3 heterocycles. The number of hydrogen-bond acceptors (Lipinski definition) is 8. The summed E-state index contributed by atoms with van der Waals surface area (Å²) in [4.78, 5) is 59.7. The average molecular weight is 600 g/mol. The van der Waals surface area contributed by atoms with E-state index in [4.69, 9.17) is 21.2 Å². The Morgan fingerprint density at radius 3 is 2.07 bits per heavy atom. The number of benzene rings is 2. The van der Waals surface area contributed by atoms with Gasteiger partial charge in [-0.1, -0.05) is 24.3 Å². The van der Waals surface area contributed by atoms with Crippen LogP contribution >= 0.6 is 0 Å². The van der Waals surface area contributed by atoms with Gasteiger partial charge in [-0.3, -0.25) is 19.2 Å². The molecule has 4 aliphatic rings. The number of ether oxygens (including phenoxy) is 1. The number of rotatable bonds is 6. The highest BCUT2D eigenvalue weighted by Gasteiger charge is 2.38. The number of carbonyl (C=O) groups excluding carboxylic acids is 4. The zero-order valence-electron chi connectivity index (χ0n) is 24.8. The van der Waals surface area contributed by atoms with Gasteiger partial charge in [0.25, 0.3) is 0 Å². The number of likely N-dealkylation sites (tertiary alicyclic amines) is 2. The van der Waals surface area contributed by atoms with Crippen molar-refractivity contribution in [2.75, 3.05) is 18.4 Å². The summed E-state index contributed by atoms with van der Waals surface area (Å²) in [6.07, 6.45) is 3.81. The van der Waals surface area contributed by atoms with E-state index in [1.165, 1.54) is 0 Å². The van der Waals surface area contributed by atoms with Gasteiger partial charge in [0.05, 0.1) is 17.8 Å². The lowest BCUT2D eigenvalue weighted by molar-refractivity contribution is -0.138. The fourth-order valence-electron chi connectivity index (χ4n) is 6.35. The third kappa shape index (κ3) is 5.46. The Kier molecular flexibility index (Phi) is 7.95. The zero-order valence-corrected chi connectivity index (χ0v) is 24.8. The Morgan fingerprint density at radius 2 is 1.45 bits per heavy atom. The van der Waals surface area contributed by atoms with E-state index in [1.54, 1.807) is 41.8 Å². The number of carbonyl (C=O) groups is 4. The molecule has 12 nitrogen and oxygen atoms in total. The van der Waals surface area contributed by atoms with E-state index < -0.39 is 30.3 Å². The van der Waals surface area contributed by atoms with Crippen LogP contribution in [0.25, 0.3) is 5.70 Å². The molecule has 6 N–H and O–H groups in total. The molecule has 12 heteroatoms. The van der Waals surface area contributed by atoms with E-state index in [0.717, 1.165) is 24.0 Å². The maximum absolute atomic E-state index is 13.4. The molecule has 2 aromatic rings. The summed E-state index contributed by atoms with van der Waals surface area (Å²) in [6.45, 7) is 4.23. The van der Waals surface area contributed by atoms with Crippen LogP contribution in [-0.4, -0.2) is 82.5 Å². The molecular formula is C32H37N7O5. The quantitative estimate of drug-likeness (QED) is 0.391. The van der Waals surface area contributed by atoms with Crippen molar-refractivity contribution in [2.45, 2.75) is 69.8 Å². The summed E-state index contributed by atoms with van der Waals surface area (Å²) in [5, 5.41) is 5.96. The minimum Gasteiger partial charge on any atom is -0.478 e. The summed E-state index contributed by atoms with van der Waals surface area (Å²) in [5.41, 5.74) is 15.6. The van der Waals surface area contributed by atoms with Gasteiger partial charge in [-0.2, -0.15) is 0 Å². The summed E-state index contributed by atoms with van der Waals surface area (Å²) in [5.74, 6) is -0.575. The average Bonchev–Trinajstić information content (AvgIpc) is 3.70. The molecule has 0 spiro atoms. The first-order chi connectivity index (χ1) is 21.1. The lowest BCUT2D eigenvalue weighted by Crippen LogP contribution is -2.50. The lowest BCUT2D eigenvalue weighted by atomic mass is 9.90. The molecule has 2 aromatic carbocycles. The maximum Gasteiger partial charge on any atom is 0.247 e. The fraction of sp³-hybridized carbons (Fsp3) is 0.406. The second-order valence-electron chi connectivity index (χ2n) is 11.8. The number of aliphatic imine (C=N–C) groups is 1. The predicted octanol–water partition coefficient (Wildman–Crippen LogP) is 1.65. The van der Waals surface area contributed by atoms with Crippen LogP contribution < -0.4 is 26.8 Å². The van der Waals surface area contributed by atoms with E-state index in [1.807, 2.05) is 30.3 Å². The second-order valence-corrected chi connectivity index (χ2v) is 11.8. The molecule has 5 atom stereocenters. The Hall–Kier alpha value is -4.55. The van der Waals surface area contributed by atoms with E-state index in [-0.39, 0.29) is 23.6 Å². The molecule has 0 saturated carbocycles. The summed E-state index contributed by atoms with van der Waals surface area (Å²) >= 11 is 0. The highest BCUT2D eigenvalue weighted by atomic mass is 16.5. The highest BCUT2D eigenvalue weighted by Crippen LogP contribution is 2.39. The molecule has 1 unspecified atom stereocenters. The first kappa shape index (κ1) is 29.5. The van der Waals surface area contributed by atoms with E-state index >= 15 is 0 Å². The van der Waals surface area contributed by atoms with Crippen LogP contribution in [-0.2, 0) is 19.2 Å². The molecule has 2 saturated heterocycles. The molecular weight excluding hydrogens is 562 g/mol. The van der Waals surface area contributed by atoms with Crippen molar-refractivity contribution in [3.63, 3.8) is 0 Å². The Bertz CT molecular complexity index is 1580.